The van der Waals surface area contributed by atoms with Crippen LogP contribution in [0.2, 0.25) is 0 Å². The number of rotatable bonds is 9. The van der Waals surface area contributed by atoms with E-state index in [0.717, 1.165) is 53.9 Å². The summed E-state index contributed by atoms with van der Waals surface area (Å²) in [6.45, 7) is 4.48. The number of nitrogens with zero attached hydrogens (tertiary/aromatic N) is 6. The number of H-pyrrole nitrogens is 1. The minimum atomic E-state index is -1.04. The Balaban J connectivity index is 0.937. The second kappa shape index (κ2) is 13.2. The maximum atomic E-state index is 13.6. The molecule has 0 radical (unpaired) electrons. The van der Waals surface area contributed by atoms with Crippen molar-refractivity contribution in [2.45, 2.75) is 18.2 Å². The molecule has 0 saturated carbocycles. The number of amides is 1. The SMILES string of the molecule is COC1(C(=O)Nc2ccc3[nH]nc(-c4ccc(F)cc4)c3c2)CCN(CC(O)N2CCN(c3ccc(-c4ncccn4)cc3)CC2)C1. The first-order valence-electron chi connectivity index (χ1n) is 15.8. The van der Waals surface area contributed by atoms with Gasteiger partial charge in [-0.05, 0) is 79.2 Å². The number of aromatic nitrogens is 4. The summed E-state index contributed by atoms with van der Waals surface area (Å²) in [7, 11) is 1.56. The standard InChI is InChI=1S/C35H37FN8O3/c1-47-35(34(46)39-27-9-12-30-29(21-27)32(41-40-30)24-3-7-26(36)8-4-24)13-16-42(23-35)22-31(45)44-19-17-43(18-20-44)28-10-5-25(6-11-28)33-37-14-2-15-38-33/h2-12,14-15,21,31,45H,13,16-20,22-23H2,1H3,(H,39,46)(H,40,41). The summed E-state index contributed by atoms with van der Waals surface area (Å²) in [5.41, 5.74) is 3.94. The number of β-amino-alcohol motifs (C(OH)–C–C–N with tert-alkyl or cyclic N) is 1. The molecule has 12 heteroatoms. The van der Waals surface area contributed by atoms with E-state index < -0.39 is 11.8 Å². The molecular weight excluding hydrogens is 599 g/mol. The predicted molar refractivity (Wildman–Crippen MR) is 178 cm³/mol. The zero-order valence-corrected chi connectivity index (χ0v) is 26.1. The highest BCUT2D eigenvalue weighted by molar-refractivity contribution is 6.01. The van der Waals surface area contributed by atoms with Crippen LogP contribution < -0.4 is 10.2 Å². The third kappa shape index (κ3) is 6.45. The van der Waals surface area contributed by atoms with Crippen molar-refractivity contribution in [3.05, 3.63) is 91.0 Å². The average Bonchev–Trinajstić information content (AvgIpc) is 3.74. The van der Waals surface area contributed by atoms with Crippen LogP contribution >= 0.6 is 0 Å². The lowest BCUT2D eigenvalue weighted by atomic mass is 10.0. The number of nitrogens with one attached hydrogen (secondary N) is 2. The molecule has 2 aliphatic rings. The fourth-order valence-corrected chi connectivity index (χ4v) is 6.52. The molecule has 47 heavy (non-hydrogen) atoms. The van der Waals surface area contributed by atoms with Crippen LogP contribution in [-0.2, 0) is 9.53 Å². The van der Waals surface area contributed by atoms with Crippen molar-refractivity contribution in [3.8, 4) is 22.6 Å². The number of aliphatic hydroxyl groups excluding tert-OH is 1. The molecule has 2 aromatic heterocycles. The zero-order chi connectivity index (χ0) is 32.4. The second-order valence-corrected chi connectivity index (χ2v) is 12.1. The number of fused-ring (bicyclic) bond motifs is 1. The molecule has 2 aliphatic heterocycles. The summed E-state index contributed by atoms with van der Waals surface area (Å²) in [5.74, 6) is 0.156. The number of hydrogen-bond donors (Lipinski definition) is 3. The van der Waals surface area contributed by atoms with Crippen molar-refractivity contribution < 1.29 is 19.0 Å². The summed E-state index contributed by atoms with van der Waals surface area (Å²) in [6.07, 6.45) is 3.33. The smallest absolute Gasteiger partial charge is 0.258 e. The molecule has 3 aromatic carbocycles. The second-order valence-electron chi connectivity index (χ2n) is 12.1. The Morgan fingerprint density at radius 1 is 1.00 bits per heavy atom. The van der Waals surface area contributed by atoms with Crippen LogP contribution in [0.4, 0.5) is 15.8 Å². The van der Waals surface area contributed by atoms with Crippen molar-refractivity contribution in [3.63, 3.8) is 0 Å². The van der Waals surface area contributed by atoms with E-state index in [0.29, 0.717) is 43.3 Å². The van der Waals surface area contributed by atoms with Gasteiger partial charge in [-0.25, -0.2) is 14.4 Å². The normalized spacial score (nSPS) is 19.7. The van der Waals surface area contributed by atoms with Gasteiger partial charge in [-0.1, -0.05) is 0 Å². The highest BCUT2D eigenvalue weighted by atomic mass is 19.1. The number of aliphatic hydroxyl groups is 1. The topological polar surface area (TPSA) is 123 Å². The van der Waals surface area contributed by atoms with E-state index in [1.165, 1.54) is 12.1 Å². The van der Waals surface area contributed by atoms with Gasteiger partial charge >= 0.3 is 0 Å². The van der Waals surface area contributed by atoms with Gasteiger partial charge in [0.25, 0.3) is 5.91 Å². The molecule has 2 atom stereocenters. The van der Waals surface area contributed by atoms with Crippen LogP contribution in [-0.4, -0.2) is 106 Å². The molecule has 0 bridgehead atoms. The van der Waals surface area contributed by atoms with Crippen LogP contribution in [0, 0.1) is 5.82 Å². The lowest BCUT2D eigenvalue weighted by Gasteiger charge is -2.39. The fourth-order valence-electron chi connectivity index (χ4n) is 6.52. The van der Waals surface area contributed by atoms with Crippen LogP contribution in [0.3, 0.4) is 0 Å². The number of aromatic amines is 1. The summed E-state index contributed by atoms with van der Waals surface area (Å²) in [6, 6.07) is 21.8. The summed E-state index contributed by atoms with van der Waals surface area (Å²) >= 11 is 0. The lowest BCUT2D eigenvalue weighted by molar-refractivity contribution is -0.136. The largest absolute Gasteiger partial charge is 0.377 e. The average molecular weight is 637 g/mol. The zero-order valence-electron chi connectivity index (χ0n) is 26.1. The van der Waals surface area contributed by atoms with E-state index in [4.69, 9.17) is 4.74 Å². The molecule has 4 heterocycles. The van der Waals surface area contributed by atoms with Gasteiger partial charge in [-0.3, -0.25) is 19.7 Å². The Labute approximate surface area is 272 Å². The third-order valence-corrected chi connectivity index (χ3v) is 9.27. The first-order valence-corrected chi connectivity index (χ1v) is 15.8. The number of ether oxygens (including phenoxy) is 1. The quantitative estimate of drug-likeness (QED) is 0.220. The van der Waals surface area contributed by atoms with Gasteiger partial charge in [0, 0.05) is 93.2 Å². The summed E-state index contributed by atoms with van der Waals surface area (Å²) in [4.78, 5) is 28.8. The van der Waals surface area contributed by atoms with Crippen molar-refractivity contribution in [1.82, 2.24) is 30.0 Å². The van der Waals surface area contributed by atoms with Gasteiger partial charge in [0.05, 0.1) is 11.2 Å². The Morgan fingerprint density at radius 2 is 1.72 bits per heavy atom. The number of piperazine rings is 1. The molecule has 2 fully saturated rings. The molecule has 0 aliphatic carbocycles. The Morgan fingerprint density at radius 3 is 2.45 bits per heavy atom. The molecule has 7 rings (SSSR count). The third-order valence-electron chi connectivity index (χ3n) is 9.27. The summed E-state index contributed by atoms with van der Waals surface area (Å²) < 4.78 is 19.3. The van der Waals surface area contributed by atoms with E-state index in [1.807, 2.05) is 30.3 Å². The van der Waals surface area contributed by atoms with E-state index >= 15 is 0 Å². The van der Waals surface area contributed by atoms with Gasteiger partial charge in [0.1, 0.15) is 12.0 Å². The number of halogens is 1. The van der Waals surface area contributed by atoms with Gasteiger partial charge in [0.15, 0.2) is 11.4 Å². The Kier molecular flexibility index (Phi) is 8.65. The number of methoxy groups -OCH3 is 1. The molecular formula is C35H37FN8O3. The highest BCUT2D eigenvalue weighted by Crippen LogP contribution is 2.31. The Hall–Kier alpha value is -4.75. The summed E-state index contributed by atoms with van der Waals surface area (Å²) in [5, 5.41) is 22.4. The van der Waals surface area contributed by atoms with Crippen LogP contribution in [0.15, 0.2) is 85.2 Å². The monoisotopic (exact) mass is 636 g/mol. The number of anilines is 2. The molecule has 242 valence electrons. The first kappa shape index (κ1) is 30.9. The van der Waals surface area contributed by atoms with Crippen LogP contribution in [0.25, 0.3) is 33.5 Å². The van der Waals surface area contributed by atoms with E-state index in [1.54, 1.807) is 37.7 Å². The number of hydrogen-bond acceptors (Lipinski definition) is 9. The molecule has 0 spiro atoms. The predicted octanol–water partition coefficient (Wildman–Crippen LogP) is 4.00. The lowest BCUT2D eigenvalue weighted by Crippen LogP contribution is -2.54. The molecule has 5 aromatic rings. The molecule has 3 N–H and O–H groups in total. The maximum absolute atomic E-state index is 13.6. The highest BCUT2D eigenvalue weighted by Gasteiger charge is 2.45. The van der Waals surface area contributed by atoms with Gasteiger partial charge in [0.2, 0.25) is 0 Å². The van der Waals surface area contributed by atoms with Crippen LogP contribution in [0.1, 0.15) is 6.42 Å². The van der Waals surface area contributed by atoms with Gasteiger partial charge in [-0.2, -0.15) is 5.10 Å². The van der Waals surface area contributed by atoms with E-state index in [9.17, 15) is 14.3 Å². The van der Waals surface area contributed by atoms with Gasteiger partial charge in [-0.15, -0.1) is 0 Å². The molecule has 1 amide bonds. The van der Waals surface area contributed by atoms with E-state index in [2.05, 4.69) is 52.3 Å². The number of likely N-dealkylation sites (tertiary alicyclic amines) is 1. The number of carbonyl (C=O) groups is 1. The maximum Gasteiger partial charge on any atom is 0.258 e. The first-order chi connectivity index (χ1) is 22.9. The minimum Gasteiger partial charge on any atom is -0.377 e. The van der Waals surface area contributed by atoms with E-state index in [-0.39, 0.29) is 11.7 Å². The number of carbonyl (C=O) groups excluding carboxylic acids is 1. The molecule has 11 nitrogen and oxygen atoms in total. The Bertz CT molecular complexity index is 1830. The fraction of sp³-hybridized carbons (Fsp3) is 0.314. The van der Waals surface area contributed by atoms with Crippen molar-refractivity contribution in [2.24, 2.45) is 0 Å². The van der Waals surface area contributed by atoms with Gasteiger partial charge < -0.3 is 20.1 Å². The molecule has 2 unspecified atom stereocenters. The number of benzene rings is 3. The van der Waals surface area contributed by atoms with Crippen LogP contribution in [0.5, 0.6) is 0 Å². The molecule has 2 saturated heterocycles. The van der Waals surface area contributed by atoms with Crippen molar-refractivity contribution in [1.29, 1.82) is 0 Å². The van der Waals surface area contributed by atoms with Crippen molar-refractivity contribution >= 4 is 28.2 Å². The minimum absolute atomic E-state index is 0.235. The van der Waals surface area contributed by atoms with Crippen molar-refractivity contribution in [2.75, 3.05) is 63.1 Å².